The maximum absolute atomic E-state index is 12.7. The van der Waals surface area contributed by atoms with Gasteiger partial charge in [-0.1, -0.05) is 24.7 Å². The van der Waals surface area contributed by atoms with Crippen LogP contribution in [0.1, 0.15) is 38.9 Å². The number of rotatable bonds is 8. The second kappa shape index (κ2) is 8.16. The fourth-order valence-corrected chi connectivity index (χ4v) is 3.56. The van der Waals surface area contributed by atoms with Gasteiger partial charge >= 0.3 is 0 Å². The summed E-state index contributed by atoms with van der Waals surface area (Å²) in [6, 6.07) is 9.52. The van der Waals surface area contributed by atoms with E-state index in [-0.39, 0.29) is 5.91 Å². The molecule has 0 aliphatic carbocycles. The number of thiazole rings is 1. The molecule has 3 aromatic rings. The molecular weight excluding hydrogens is 336 g/mol. The Bertz CT molecular complexity index is 826. The maximum atomic E-state index is 12.7. The molecule has 1 aromatic carbocycles. The number of carbonyl (C=O) groups excluding carboxylic acids is 1. The monoisotopic (exact) mass is 358 g/mol. The Labute approximate surface area is 151 Å². The van der Waals surface area contributed by atoms with Gasteiger partial charge in [0.2, 0.25) is 5.91 Å². The topological polar surface area (TPSA) is 55.6 Å². The second-order valence-electron chi connectivity index (χ2n) is 5.72. The molecule has 2 aromatic heterocycles. The fraction of sp³-hybridized carbons (Fsp3) is 0.368. The molecule has 0 saturated carbocycles. The van der Waals surface area contributed by atoms with Crippen LogP contribution >= 0.6 is 11.3 Å². The minimum Gasteiger partial charge on any atom is -0.494 e. The summed E-state index contributed by atoms with van der Waals surface area (Å²) in [6.45, 7) is 5.06. The lowest BCUT2D eigenvalue weighted by atomic mass is 10.2. The zero-order chi connectivity index (χ0) is 17.6. The molecule has 5 nitrogen and oxygen atoms in total. The van der Waals surface area contributed by atoms with Gasteiger partial charge in [0.05, 0.1) is 29.6 Å². The van der Waals surface area contributed by atoms with Crippen LogP contribution in [-0.2, 0) is 11.3 Å². The number of furan rings is 1. The van der Waals surface area contributed by atoms with Gasteiger partial charge in [-0.2, -0.15) is 0 Å². The number of amides is 1. The largest absolute Gasteiger partial charge is 0.494 e. The van der Waals surface area contributed by atoms with E-state index in [0.717, 1.165) is 34.6 Å². The molecule has 0 unspecified atom stereocenters. The summed E-state index contributed by atoms with van der Waals surface area (Å²) in [5, 5.41) is 0.696. The number of benzene rings is 1. The van der Waals surface area contributed by atoms with Crippen molar-refractivity contribution >= 4 is 32.6 Å². The van der Waals surface area contributed by atoms with Crippen molar-refractivity contribution in [3.05, 3.63) is 42.4 Å². The van der Waals surface area contributed by atoms with E-state index in [2.05, 4.69) is 11.9 Å². The quantitative estimate of drug-likeness (QED) is 0.568. The molecule has 25 heavy (non-hydrogen) atoms. The first-order valence-electron chi connectivity index (χ1n) is 8.57. The van der Waals surface area contributed by atoms with Crippen LogP contribution in [-0.4, -0.2) is 17.5 Å². The highest BCUT2D eigenvalue weighted by molar-refractivity contribution is 7.22. The standard InChI is InChI=1S/C19H22N2O3S/c1-3-5-8-18(22)21(13-15-7-6-11-24-15)19-20-16-10-9-14(23-4-2)12-17(16)25-19/h6-7,9-12H,3-5,8,13H2,1-2H3. The van der Waals surface area contributed by atoms with Gasteiger partial charge in [-0.05, 0) is 43.7 Å². The molecule has 6 heteroatoms. The van der Waals surface area contributed by atoms with Gasteiger partial charge in [0.15, 0.2) is 5.13 Å². The Hall–Kier alpha value is -2.34. The van der Waals surface area contributed by atoms with Crippen LogP contribution in [0, 0.1) is 0 Å². The molecule has 0 N–H and O–H groups in total. The first kappa shape index (κ1) is 17.5. The lowest BCUT2D eigenvalue weighted by Gasteiger charge is -2.18. The van der Waals surface area contributed by atoms with E-state index in [1.54, 1.807) is 11.2 Å². The van der Waals surface area contributed by atoms with E-state index in [4.69, 9.17) is 9.15 Å². The zero-order valence-electron chi connectivity index (χ0n) is 14.5. The predicted molar refractivity (Wildman–Crippen MR) is 100 cm³/mol. The van der Waals surface area contributed by atoms with Crippen LogP contribution in [0.5, 0.6) is 5.75 Å². The minimum atomic E-state index is 0.0716. The molecule has 0 atom stereocenters. The number of hydrogen-bond acceptors (Lipinski definition) is 5. The number of fused-ring (bicyclic) bond motifs is 1. The van der Waals surface area contributed by atoms with Crippen LogP contribution in [0.25, 0.3) is 10.2 Å². The molecule has 0 bridgehead atoms. The smallest absolute Gasteiger partial charge is 0.229 e. The minimum absolute atomic E-state index is 0.0716. The van der Waals surface area contributed by atoms with E-state index >= 15 is 0 Å². The molecule has 3 rings (SSSR count). The highest BCUT2D eigenvalue weighted by Crippen LogP contribution is 2.32. The molecule has 0 spiro atoms. The van der Waals surface area contributed by atoms with Crippen molar-refractivity contribution in [1.82, 2.24) is 4.98 Å². The van der Waals surface area contributed by atoms with Crippen molar-refractivity contribution in [1.29, 1.82) is 0 Å². The molecule has 0 fully saturated rings. The third-order valence-corrected chi connectivity index (χ3v) is 4.87. The lowest BCUT2D eigenvalue weighted by Crippen LogP contribution is -2.29. The lowest BCUT2D eigenvalue weighted by molar-refractivity contribution is -0.118. The maximum Gasteiger partial charge on any atom is 0.229 e. The summed E-state index contributed by atoms with van der Waals surface area (Å²) in [5.74, 6) is 1.64. The summed E-state index contributed by atoms with van der Waals surface area (Å²) >= 11 is 1.50. The molecule has 0 aliphatic rings. The van der Waals surface area contributed by atoms with Gasteiger partial charge in [-0.3, -0.25) is 9.69 Å². The van der Waals surface area contributed by atoms with Crippen LogP contribution in [0.2, 0.25) is 0 Å². The number of anilines is 1. The van der Waals surface area contributed by atoms with Gasteiger partial charge in [0, 0.05) is 6.42 Å². The SMILES string of the molecule is CCCCC(=O)N(Cc1ccco1)c1nc2ccc(OCC)cc2s1. The van der Waals surface area contributed by atoms with E-state index < -0.39 is 0 Å². The third-order valence-electron chi connectivity index (χ3n) is 3.83. The second-order valence-corrected chi connectivity index (χ2v) is 6.73. The summed E-state index contributed by atoms with van der Waals surface area (Å²) in [6.07, 6.45) is 3.98. The first-order chi connectivity index (χ1) is 12.2. The summed E-state index contributed by atoms with van der Waals surface area (Å²) in [5.41, 5.74) is 0.871. The summed E-state index contributed by atoms with van der Waals surface area (Å²) in [7, 11) is 0. The van der Waals surface area contributed by atoms with Crippen molar-refractivity contribution in [3.63, 3.8) is 0 Å². The number of nitrogens with zero attached hydrogens (tertiary/aromatic N) is 2. The van der Waals surface area contributed by atoms with Gasteiger partial charge in [0.25, 0.3) is 0 Å². The Morgan fingerprint density at radius 2 is 2.20 bits per heavy atom. The van der Waals surface area contributed by atoms with E-state index in [1.807, 2.05) is 37.3 Å². The molecule has 0 aliphatic heterocycles. The normalized spacial score (nSPS) is 11.0. The number of hydrogen-bond donors (Lipinski definition) is 0. The average Bonchev–Trinajstić information content (AvgIpc) is 3.26. The van der Waals surface area contributed by atoms with Crippen LogP contribution in [0.15, 0.2) is 41.0 Å². The van der Waals surface area contributed by atoms with Gasteiger partial charge < -0.3 is 9.15 Å². The van der Waals surface area contributed by atoms with Crippen molar-refractivity contribution in [2.75, 3.05) is 11.5 Å². The van der Waals surface area contributed by atoms with Crippen molar-refractivity contribution < 1.29 is 13.9 Å². The van der Waals surface area contributed by atoms with Gasteiger partial charge in [-0.15, -0.1) is 0 Å². The van der Waals surface area contributed by atoms with Crippen molar-refractivity contribution in [2.24, 2.45) is 0 Å². The third kappa shape index (κ3) is 4.20. The Balaban J connectivity index is 1.90. The van der Waals surface area contributed by atoms with E-state index in [1.165, 1.54) is 11.3 Å². The molecule has 0 saturated heterocycles. The van der Waals surface area contributed by atoms with Gasteiger partial charge in [-0.25, -0.2) is 4.98 Å². The number of ether oxygens (including phenoxy) is 1. The number of unbranched alkanes of at least 4 members (excludes halogenated alkanes) is 1. The average molecular weight is 358 g/mol. The molecular formula is C19H22N2O3S. The molecule has 2 heterocycles. The zero-order valence-corrected chi connectivity index (χ0v) is 15.3. The Kier molecular flexibility index (Phi) is 5.71. The first-order valence-corrected chi connectivity index (χ1v) is 9.39. The Morgan fingerprint density at radius 3 is 2.92 bits per heavy atom. The molecule has 0 radical (unpaired) electrons. The van der Waals surface area contributed by atoms with Crippen molar-refractivity contribution in [2.45, 2.75) is 39.7 Å². The van der Waals surface area contributed by atoms with Crippen LogP contribution in [0.3, 0.4) is 0 Å². The van der Waals surface area contributed by atoms with Crippen molar-refractivity contribution in [3.8, 4) is 5.75 Å². The molecule has 132 valence electrons. The van der Waals surface area contributed by atoms with E-state index in [0.29, 0.717) is 24.7 Å². The fourth-order valence-electron chi connectivity index (χ4n) is 2.55. The Morgan fingerprint density at radius 1 is 1.32 bits per heavy atom. The highest BCUT2D eigenvalue weighted by atomic mass is 32.1. The van der Waals surface area contributed by atoms with Crippen LogP contribution < -0.4 is 9.64 Å². The van der Waals surface area contributed by atoms with E-state index in [9.17, 15) is 4.79 Å². The number of aromatic nitrogens is 1. The van der Waals surface area contributed by atoms with Crippen LogP contribution in [0.4, 0.5) is 5.13 Å². The van der Waals surface area contributed by atoms with Gasteiger partial charge in [0.1, 0.15) is 11.5 Å². The summed E-state index contributed by atoms with van der Waals surface area (Å²) < 4.78 is 12.0. The molecule has 1 amide bonds. The highest BCUT2D eigenvalue weighted by Gasteiger charge is 2.21. The number of carbonyl (C=O) groups is 1. The predicted octanol–water partition coefficient (Wildman–Crippen LogP) is 5.01. The summed E-state index contributed by atoms with van der Waals surface area (Å²) in [4.78, 5) is 19.1.